The van der Waals surface area contributed by atoms with Gasteiger partial charge in [-0.2, -0.15) is 0 Å². The van der Waals surface area contributed by atoms with Gasteiger partial charge in [0, 0.05) is 30.5 Å². The second kappa shape index (κ2) is 7.82. The summed E-state index contributed by atoms with van der Waals surface area (Å²) in [5.41, 5.74) is 0.147. The van der Waals surface area contributed by atoms with Gasteiger partial charge in [0.25, 0.3) is 9.05 Å². The molecule has 0 aliphatic rings. The van der Waals surface area contributed by atoms with Crippen molar-refractivity contribution in [3.8, 4) is 0 Å². The van der Waals surface area contributed by atoms with E-state index < -0.39 is 15.0 Å². The molecule has 6 nitrogen and oxygen atoms in total. The third kappa shape index (κ3) is 5.33. The Balaban J connectivity index is 3.02. The molecule has 0 aliphatic heterocycles. The number of hydrogen-bond acceptors (Lipinski definition) is 5. The lowest BCUT2D eigenvalue weighted by Gasteiger charge is -2.13. The first-order chi connectivity index (χ1) is 9.79. The molecule has 0 radical (unpaired) electrons. The molecular weight excluding hydrogens is 318 g/mol. The summed E-state index contributed by atoms with van der Waals surface area (Å²) in [6.45, 7) is 4.45. The summed E-state index contributed by atoms with van der Waals surface area (Å²) in [6.07, 6.45) is 2.71. The van der Waals surface area contributed by atoms with Gasteiger partial charge in [0.05, 0.1) is 12.7 Å². The van der Waals surface area contributed by atoms with Gasteiger partial charge in [0.2, 0.25) is 0 Å². The largest absolute Gasteiger partial charge is 0.458 e. The number of carbonyl (C=O) groups excluding carboxylic acids is 1. The molecule has 21 heavy (non-hydrogen) atoms. The van der Waals surface area contributed by atoms with Gasteiger partial charge in [-0.05, 0) is 19.4 Å². The van der Waals surface area contributed by atoms with Gasteiger partial charge in [0.15, 0.2) is 0 Å². The first kappa shape index (κ1) is 18.0. The van der Waals surface area contributed by atoms with Crippen LogP contribution >= 0.6 is 10.7 Å². The average Bonchev–Trinajstić information content (AvgIpc) is 2.80. The van der Waals surface area contributed by atoms with Crippen LogP contribution in [0.25, 0.3) is 0 Å². The summed E-state index contributed by atoms with van der Waals surface area (Å²) in [6, 6.07) is 1.22. The highest BCUT2D eigenvalue weighted by atomic mass is 35.7. The average molecular weight is 338 g/mol. The van der Waals surface area contributed by atoms with E-state index in [1.165, 1.54) is 23.9 Å². The Hall–Kier alpha value is -1.05. The molecule has 0 bridgehead atoms. The van der Waals surface area contributed by atoms with Crippen LogP contribution in [-0.4, -0.2) is 38.8 Å². The topological polar surface area (TPSA) is 74.6 Å². The van der Waals surface area contributed by atoms with Crippen LogP contribution in [0.15, 0.2) is 17.2 Å². The first-order valence-electron chi connectivity index (χ1n) is 6.64. The molecule has 0 spiro atoms. The zero-order chi connectivity index (χ0) is 16.0. The van der Waals surface area contributed by atoms with E-state index in [4.69, 9.17) is 20.2 Å². The number of hydrogen-bond donors (Lipinski definition) is 0. The van der Waals surface area contributed by atoms with Crippen molar-refractivity contribution >= 4 is 25.7 Å². The summed E-state index contributed by atoms with van der Waals surface area (Å²) in [4.78, 5) is 12.0. The minimum Gasteiger partial charge on any atom is -0.458 e. The van der Waals surface area contributed by atoms with Gasteiger partial charge in [-0.3, -0.25) is 0 Å². The molecule has 0 aliphatic carbocycles. The number of ether oxygens (including phenoxy) is 2. The third-order valence-electron chi connectivity index (χ3n) is 2.90. The Morgan fingerprint density at radius 2 is 2.14 bits per heavy atom. The number of carbonyl (C=O) groups is 1. The Labute approximate surface area is 129 Å². The molecular formula is C13H20ClNO5S. The minimum absolute atomic E-state index is 0.129. The van der Waals surface area contributed by atoms with Crippen molar-refractivity contribution in [1.29, 1.82) is 0 Å². The standard InChI is InChI=1S/C13H20ClNO5S/c1-4-5-10(2)20-13(16)12-8-11(21(14,17)18)9-15(12)6-7-19-3/h8-10H,4-7H2,1-3H3. The fourth-order valence-corrected chi connectivity index (χ4v) is 2.63. The monoisotopic (exact) mass is 337 g/mol. The van der Waals surface area contributed by atoms with Gasteiger partial charge in [-0.1, -0.05) is 13.3 Å². The van der Waals surface area contributed by atoms with Crippen LogP contribution in [0.1, 0.15) is 37.2 Å². The van der Waals surface area contributed by atoms with E-state index in [2.05, 4.69) is 0 Å². The lowest BCUT2D eigenvalue weighted by atomic mass is 10.2. The molecule has 0 fully saturated rings. The molecule has 1 aromatic heterocycles. The maximum Gasteiger partial charge on any atom is 0.355 e. The molecule has 1 aromatic rings. The lowest BCUT2D eigenvalue weighted by Crippen LogP contribution is -2.18. The van der Waals surface area contributed by atoms with Crippen molar-refractivity contribution in [2.45, 2.75) is 44.2 Å². The van der Waals surface area contributed by atoms with Gasteiger partial charge >= 0.3 is 5.97 Å². The first-order valence-corrected chi connectivity index (χ1v) is 8.95. The van der Waals surface area contributed by atoms with E-state index in [1.54, 1.807) is 6.92 Å². The highest BCUT2D eigenvalue weighted by Crippen LogP contribution is 2.20. The number of halogens is 1. The van der Waals surface area contributed by atoms with Crippen LogP contribution in [-0.2, 0) is 25.1 Å². The normalized spacial score (nSPS) is 13.1. The maximum absolute atomic E-state index is 12.1. The number of rotatable bonds is 8. The zero-order valence-corrected chi connectivity index (χ0v) is 13.9. The molecule has 1 rings (SSSR count). The van der Waals surface area contributed by atoms with Crippen molar-refractivity contribution < 1.29 is 22.7 Å². The van der Waals surface area contributed by atoms with E-state index in [-0.39, 0.29) is 16.7 Å². The second-order valence-electron chi connectivity index (χ2n) is 4.69. The maximum atomic E-state index is 12.1. The highest BCUT2D eigenvalue weighted by molar-refractivity contribution is 8.13. The minimum atomic E-state index is -3.90. The predicted molar refractivity (Wildman–Crippen MR) is 79.1 cm³/mol. The van der Waals surface area contributed by atoms with Crippen LogP contribution in [0.5, 0.6) is 0 Å². The molecule has 0 aromatic carbocycles. The van der Waals surface area contributed by atoms with E-state index >= 15 is 0 Å². The number of esters is 1. The molecule has 0 saturated carbocycles. The summed E-state index contributed by atoms with van der Waals surface area (Å²) in [5.74, 6) is -0.571. The molecule has 120 valence electrons. The predicted octanol–water partition coefficient (Wildman–Crippen LogP) is 2.41. The van der Waals surface area contributed by atoms with Crippen LogP contribution in [0.2, 0.25) is 0 Å². The molecule has 0 amide bonds. The lowest BCUT2D eigenvalue weighted by molar-refractivity contribution is 0.0309. The third-order valence-corrected chi connectivity index (χ3v) is 4.22. The quantitative estimate of drug-likeness (QED) is 0.538. The van der Waals surface area contributed by atoms with E-state index in [1.807, 2.05) is 6.92 Å². The van der Waals surface area contributed by atoms with Gasteiger partial charge in [0.1, 0.15) is 10.6 Å². The summed E-state index contributed by atoms with van der Waals surface area (Å²) < 4.78 is 34.5. The highest BCUT2D eigenvalue weighted by Gasteiger charge is 2.22. The van der Waals surface area contributed by atoms with Gasteiger partial charge in [-0.25, -0.2) is 13.2 Å². The van der Waals surface area contributed by atoms with E-state index in [0.717, 1.165) is 12.8 Å². The summed E-state index contributed by atoms with van der Waals surface area (Å²) in [5, 5.41) is 0. The summed E-state index contributed by atoms with van der Waals surface area (Å²) in [7, 11) is 2.93. The summed E-state index contributed by atoms with van der Waals surface area (Å²) >= 11 is 0. The van der Waals surface area contributed by atoms with E-state index in [0.29, 0.717) is 13.2 Å². The van der Waals surface area contributed by atoms with Crippen LogP contribution < -0.4 is 0 Å². The van der Waals surface area contributed by atoms with Crippen LogP contribution in [0, 0.1) is 0 Å². The molecule has 1 unspecified atom stereocenters. The molecule has 0 saturated heterocycles. The molecule has 0 N–H and O–H groups in total. The van der Waals surface area contributed by atoms with Gasteiger partial charge < -0.3 is 14.0 Å². The smallest absolute Gasteiger partial charge is 0.355 e. The van der Waals surface area contributed by atoms with Crippen LogP contribution in [0.4, 0.5) is 0 Å². The SMILES string of the molecule is CCCC(C)OC(=O)c1cc(S(=O)(=O)Cl)cn1CCOC. The number of methoxy groups -OCH3 is 1. The molecule has 1 heterocycles. The Morgan fingerprint density at radius 1 is 1.48 bits per heavy atom. The fourth-order valence-electron chi connectivity index (χ4n) is 1.87. The molecule has 8 heteroatoms. The fraction of sp³-hybridized carbons (Fsp3) is 0.615. The zero-order valence-electron chi connectivity index (χ0n) is 12.3. The van der Waals surface area contributed by atoms with Crippen molar-refractivity contribution in [2.75, 3.05) is 13.7 Å². The van der Waals surface area contributed by atoms with Crippen molar-refractivity contribution in [3.63, 3.8) is 0 Å². The van der Waals surface area contributed by atoms with Crippen molar-refractivity contribution in [1.82, 2.24) is 4.57 Å². The van der Waals surface area contributed by atoms with Crippen molar-refractivity contribution in [2.24, 2.45) is 0 Å². The number of nitrogens with zero attached hydrogens (tertiary/aromatic N) is 1. The molecule has 1 atom stereocenters. The van der Waals surface area contributed by atoms with Crippen LogP contribution in [0.3, 0.4) is 0 Å². The van der Waals surface area contributed by atoms with Crippen molar-refractivity contribution in [3.05, 3.63) is 18.0 Å². The Morgan fingerprint density at radius 3 is 2.67 bits per heavy atom. The van der Waals surface area contributed by atoms with E-state index in [9.17, 15) is 13.2 Å². The number of aromatic nitrogens is 1. The second-order valence-corrected chi connectivity index (χ2v) is 7.26. The Bertz CT molecular complexity index is 581. The Kier molecular flexibility index (Phi) is 6.70. The van der Waals surface area contributed by atoms with Gasteiger partial charge in [-0.15, -0.1) is 0 Å².